The van der Waals surface area contributed by atoms with Crippen molar-refractivity contribution in [2.75, 3.05) is 11.9 Å². The van der Waals surface area contributed by atoms with E-state index in [1.165, 1.54) is 0 Å². The molecule has 1 rings (SSSR count). The Morgan fingerprint density at radius 1 is 1.24 bits per heavy atom. The first-order chi connectivity index (χ1) is 8.15. The first-order valence-electron chi connectivity index (χ1n) is 5.49. The molecule has 0 heterocycles. The van der Waals surface area contributed by atoms with Crippen molar-refractivity contribution in [1.29, 1.82) is 0 Å². The van der Waals surface area contributed by atoms with Crippen LogP contribution in [0.2, 0.25) is 0 Å². The van der Waals surface area contributed by atoms with E-state index in [9.17, 15) is 9.59 Å². The van der Waals surface area contributed by atoms with Crippen molar-refractivity contribution >= 4 is 33.4 Å². The summed E-state index contributed by atoms with van der Waals surface area (Å²) in [5.41, 5.74) is 0.586. The first-order valence-corrected chi connectivity index (χ1v) is 6.28. The molecule has 17 heavy (non-hydrogen) atoms. The molecule has 0 aromatic heterocycles. The zero-order valence-electron chi connectivity index (χ0n) is 9.63. The third-order valence-electron chi connectivity index (χ3n) is 2.14. The van der Waals surface area contributed by atoms with E-state index in [-0.39, 0.29) is 0 Å². The molecule has 0 fully saturated rings. The number of hydrogen-bond acceptors (Lipinski definition) is 2. The maximum atomic E-state index is 11.5. The largest absolute Gasteiger partial charge is 0.348 e. The summed E-state index contributed by atoms with van der Waals surface area (Å²) >= 11 is 3.29. The molecule has 92 valence electrons. The normalized spacial score (nSPS) is 9.76. The van der Waals surface area contributed by atoms with Gasteiger partial charge in [-0.2, -0.15) is 0 Å². The Balaban J connectivity index is 2.49. The lowest BCUT2D eigenvalue weighted by atomic mass is 10.3. The summed E-state index contributed by atoms with van der Waals surface area (Å²) in [6.07, 6.45) is 1.85. The van der Waals surface area contributed by atoms with E-state index in [1.54, 1.807) is 18.2 Å². The summed E-state index contributed by atoms with van der Waals surface area (Å²) in [6, 6.07) is 7.14. The van der Waals surface area contributed by atoms with Crippen LogP contribution in [0, 0.1) is 0 Å². The maximum absolute atomic E-state index is 11.5. The van der Waals surface area contributed by atoms with E-state index in [0.717, 1.165) is 17.3 Å². The summed E-state index contributed by atoms with van der Waals surface area (Å²) in [6.45, 7) is 2.55. The molecular formula is C12H15BrN2O2. The summed E-state index contributed by atoms with van der Waals surface area (Å²) in [5.74, 6) is -1.25. The number of nitrogens with one attached hydrogen (secondary N) is 2. The zero-order chi connectivity index (χ0) is 12.7. The molecule has 0 spiro atoms. The van der Waals surface area contributed by atoms with Crippen LogP contribution in [0.15, 0.2) is 28.7 Å². The van der Waals surface area contributed by atoms with Gasteiger partial charge in [0.2, 0.25) is 0 Å². The van der Waals surface area contributed by atoms with Gasteiger partial charge in [0.1, 0.15) is 0 Å². The van der Waals surface area contributed by atoms with E-state index in [0.29, 0.717) is 12.2 Å². The molecule has 0 saturated heterocycles. The number of amides is 2. The molecule has 0 bridgehead atoms. The maximum Gasteiger partial charge on any atom is 0.313 e. The molecule has 0 aliphatic carbocycles. The van der Waals surface area contributed by atoms with Crippen molar-refractivity contribution < 1.29 is 9.59 Å². The van der Waals surface area contributed by atoms with Crippen molar-refractivity contribution in [2.24, 2.45) is 0 Å². The second-order valence-electron chi connectivity index (χ2n) is 3.54. The summed E-state index contributed by atoms with van der Waals surface area (Å²) in [7, 11) is 0. The second kappa shape index (κ2) is 7.06. The van der Waals surface area contributed by atoms with Gasteiger partial charge in [-0.15, -0.1) is 0 Å². The molecule has 0 atom stereocenters. The van der Waals surface area contributed by atoms with E-state index >= 15 is 0 Å². The van der Waals surface area contributed by atoms with Crippen molar-refractivity contribution in [2.45, 2.75) is 19.8 Å². The van der Waals surface area contributed by atoms with Crippen LogP contribution < -0.4 is 10.6 Å². The predicted octanol–water partition coefficient (Wildman–Crippen LogP) is 2.30. The minimum Gasteiger partial charge on any atom is -0.348 e. The first kappa shape index (κ1) is 13.7. The topological polar surface area (TPSA) is 58.2 Å². The van der Waals surface area contributed by atoms with Crippen LogP contribution in [0.1, 0.15) is 19.8 Å². The van der Waals surface area contributed by atoms with E-state index < -0.39 is 11.8 Å². The molecular weight excluding hydrogens is 284 g/mol. The van der Waals surface area contributed by atoms with Gasteiger partial charge in [0.05, 0.1) is 5.69 Å². The molecule has 1 aromatic carbocycles. The number of anilines is 1. The molecule has 0 radical (unpaired) electrons. The fraction of sp³-hybridized carbons (Fsp3) is 0.333. The number of benzene rings is 1. The second-order valence-corrected chi connectivity index (χ2v) is 4.40. The average Bonchev–Trinajstić information content (AvgIpc) is 2.32. The monoisotopic (exact) mass is 298 g/mol. The Morgan fingerprint density at radius 3 is 2.59 bits per heavy atom. The van der Waals surface area contributed by atoms with Gasteiger partial charge in [-0.25, -0.2) is 0 Å². The molecule has 0 aliphatic rings. The molecule has 0 unspecified atom stereocenters. The Labute approximate surface area is 109 Å². The Hall–Kier alpha value is -1.36. The van der Waals surface area contributed by atoms with E-state index in [4.69, 9.17) is 0 Å². The van der Waals surface area contributed by atoms with Crippen LogP contribution in [-0.4, -0.2) is 18.4 Å². The van der Waals surface area contributed by atoms with Gasteiger partial charge >= 0.3 is 11.8 Å². The van der Waals surface area contributed by atoms with Crippen LogP contribution in [0.5, 0.6) is 0 Å². The SMILES string of the molecule is CCCCNC(=O)C(=O)Nc1ccccc1Br. The minimum absolute atomic E-state index is 0.527. The van der Waals surface area contributed by atoms with Crippen LogP contribution in [0.3, 0.4) is 0 Å². The highest BCUT2D eigenvalue weighted by Crippen LogP contribution is 2.20. The smallest absolute Gasteiger partial charge is 0.313 e. The number of halogens is 1. The lowest BCUT2D eigenvalue weighted by molar-refractivity contribution is -0.136. The third-order valence-corrected chi connectivity index (χ3v) is 2.84. The number of rotatable bonds is 4. The number of carbonyl (C=O) groups is 2. The number of carbonyl (C=O) groups excluding carboxylic acids is 2. The summed E-state index contributed by atoms with van der Waals surface area (Å²) in [5, 5.41) is 5.10. The summed E-state index contributed by atoms with van der Waals surface area (Å²) in [4.78, 5) is 22.9. The van der Waals surface area contributed by atoms with Gasteiger partial charge in [-0.05, 0) is 34.5 Å². The molecule has 2 amide bonds. The van der Waals surface area contributed by atoms with Crippen LogP contribution in [0.4, 0.5) is 5.69 Å². The predicted molar refractivity (Wildman–Crippen MR) is 70.7 cm³/mol. The highest BCUT2D eigenvalue weighted by atomic mass is 79.9. The fourth-order valence-electron chi connectivity index (χ4n) is 1.20. The van der Waals surface area contributed by atoms with Crippen LogP contribution in [-0.2, 0) is 9.59 Å². The van der Waals surface area contributed by atoms with Crippen molar-refractivity contribution in [3.8, 4) is 0 Å². The third kappa shape index (κ3) is 4.56. The highest BCUT2D eigenvalue weighted by molar-refractivity contribution is 9.10. The van der Waals surface area contributed by atoms with Gasteiger partial charge in [-0.1, -0.05) is 25.5 Å². The average molecular weight is 299 g/mol. The minimum atomic E-state index is -0.645. The molecule has 0 aliphatic heterocycles. The van der Waals surface area contributed by atoms with Gasteiger partial charge in [-0.3, -0.25) is 9.59 Å². The molecule has 5 heteroatoms. The molecule has 2 N–H and O–H groups in total. The molecule has 4 nitrogen and oxygen atoms in total. The lowest BCUT2D eigenvalue weighted by Crippen LogP contribution is -2.35. The Morgan fingerprint density at radius 2 is 1.94 bits per heavy atom. The standard InChI is InChI=1S/C12H15BrN2O2/c1-2-3-8-14-11(16)12(17)15-10-7-5-4-6-9(10)13/h4-7H,2-3,8H2,1H3,(H,14,16)(H,15,17). The van der Waals surface area contributed by atoms with E-state index in [1.807, 2.05) is 13.0 Å². The molecule has 1 aromatic rings. The van der Waals surface area contributed by atoms with Gasteiger partial charge < -0.3 is 10.6 Å². The number of hydrogen-bond donors (Lipinski definition) is 2. The summed E-state index contributed by atoms with van der Waals surface area (Å²) < 4.78 is 0.745. The van der Waals surface area contributed by atoms with Crippen molar-refractivity contribution in [3.05, 3.63) is 28.7 Å². The fourth-order valence-corrected chi connectivity index (χ4v) is 1.58. The lowest BCUT2D eigenvalue weighted by Gasteiger charge is -2.07. The van der Waals surface area contributed by atoms with Crippen molar-refractivity contribution in [1.82, 2.24) is 5.32 Å². The van der Waals surface area contributed by atoms with Gasteiger partial charge in [0.25, 0.3) is 0 Å². The van der Waals surface area contributed by atoms with Crippen LogP contribution in [0.25, 0.3) is 0 Å². The highest BCUT2D eigenvalue weighted by Gasteiger charge is 2.13. The van der Waals surface area contributed by atoms with Gasteiger partial charge in [0, 0.05) is 11.0 Å². The Bertz CT molecular complexity index is 407. The molecule has 0 saturated carbocycles. The van der Waals surface area contributed by atoms with Gasteiger partial charge in [0.15, 0.2) is 0 Å². The number of unbranched alkanes of at least 4 members (excludes halogenated alkanes) is 1. The van der Waals surface area contributed by atoms with Crippen molar-refractivity contribution in [3.63, 3.8) is 0 Å². The van der Waals surface area contributed by atoms with Crippen LogP contribution >= 0.6 is 15.9 Å². The zero-order valence-corrected chi connectivity index (χ0v) is 11.2. The Kier molecular flexibility index (Phi) is 5.69. The number of para-hydroxylation sites is 1. The van der Waals surface area contributed by atoms with E-state index in [2.05, 4.69) is 26.6 Å². The quantitative estimate of drug-likeness (QED) is 0.662.